The van der Waals surface area contributed by atoms with E-state index in [0.29, 0.717) is 0 Å². The summed E-state index contributed by atoms with van der Waals surface area (Å²) in [6.45, 7) is 8.83. The largest absolute Gasteiger partial charge is 0.312 e. The average Bonchev–Trinajstić information content (AvgIpc) is 2.93. The minimum Gasteiger partial charge on any atom is -0.312 e. The van der Waals surface area contributed by atoms with Crippen LogP contribution in [0.15, 0.2) is 24.3 Å². The Labute approximate surface area is 130 Å². The predicted molar refractivity (Wildman–Crippen MR) is 91.6 cm³/mol. The van der Waals surface area contributed by atoms with Gasteiger partial charge >= 0.3 is 0 Å². The summed E-state index contributed by atoms with van der Waals surface area (Å²) in [4.78, 5) is 2.56. The zero-order chi connectivity index (χ0) is 15.3. The molecule has 1 fully saturated rings. The van der Waals surface area contributed by atoms with Crippen molar-refractivity contribution in [1.82, 2.24) is 10.2 Å². The van der Waals surface area contributed by atoms with Gasteiger partial charge in [-0.25, -0.2) is 0 Å². The Morgan fingerprint density at radius 3 is 2.33 bits per heavy atom. The van der Waals surface area contributed by atoms with Gasteiger partial charge < -0.3 is 5.32 Å². The van der Waals surface area contributed by atoms with Crippen LogP contribution < -0.4 is 5.32 Å². The second-order valence-electron chi connectivity index (χ2n) is 7.55. The van der Waals surface area contributed by atoms with E-state index in [9.17, 15) is 0 Å². The first-order valence-electron chi connectivity index (χ1n) is 8.48. The van der Waals surface area contributed by atoms with E-state index in [-0.39, 0.29) is 5.54 Å². The van der Waals surface area contributed by atoms with Crippen LogP contribution in [0, 0.1) is 0 Å². The van der Waals surface area contributed by atoms with Gasteiger partial charge in [-0.15, -0.1) is 0 Å². The lowest BCUT2D eigenvalue weighted by molar-refractivity contribution is 0.236. The van der Waals surface area contributed by atoms with Crippen molar-refractivity contribution in [3.63, 3.8) is 0 Å². The van der Waals surface area contributed by atoms with Gasteiger partial charge in [0.05, 0.1) is 0 Å². The lowest BCUT2D eigenvalue weighted by Gasteiger charge is -2.25. The number of rotatable bonds is 6. The van der Waals surface area contributed by atoms with Crippen LogP contribution in [0.2, 0.25) is 0 Å². The van der Waals surface area contributed by atoms with Crippen molar-refractivity contribution in [2.24, 2.45) is 0 Å². The third-order valence-electron chi connectivity index (χ3n) is 4.54. The monoisotopic (exact) mass is 288 g/mol. The second-order valence-corrected chi connectivity index (χ2v) is 7.55. The Morgan fingerprint density at radius 2 is 1.71 bits per heavy atom. The molecule has 1 aromatic carbocycles. The van der Waals surface area contributed by atoms with Gasteiger partial charge in [0.15, 0.2) is 0 Å². The average molecular weight is 288 g/mol. The molecule has 0 heterocycles. The maximum atomic E-state index is 3.59. The molecule has 21 heavy (non-hydrogen) atoms. The normalized spacial score (nSPS) is 16.8. The number of hydrogen-bond acceptors (Lipinski definition) is 2. The van der Waals surface area contributed by atoms with Crippen molar-refractivity contribution < 1.29 is 0 Å². The van der Waals surface area contributed by atoms with Crippen LogP contribution in [-0.2, 0) is 13.0 Å². The highest BCUT2D eigenvalue weighted by molar-refractivity contribution is 5.27. The van der Waals surface area contributed by atoms with Crippen LogP contribution in [-0.4, -0.2) is 30.1 Å². The molecule has 1 aliphatic rings. The Morgan fingerprint density at radius 1 is 1.10 bits per heavy atom. The van der Waals surface area contributed by atoms with E-state index in [1.54, 1.807) is 0 Å². The van der Waals surface area contributed by atoms with Gasteiger partial charge in [0.25, 0.3) is 0 Å². The van der Waals surface area contributed by atoms with Crippen LogP contribution in [0.25, 0.3) is 0 Å². The van der Waals surface area contributed by atoms with E-state index in [1.807, 2.05) is 0 Å². The smallest absolute Gasteiger partial charge is 0.0236 e. The molecule has 1 aromatic rings. The summed E-state index contributed by atoms with van der Waals surface area (Å²) in [6, 6.07) is 9.75. The predicted octanol–water partition coefficient (Wildman–Crippen LogP) is 3.99. The highest BCUT2D eigenvalue weighted by Gasteiger charge is 2.20. The summed E-state index contributed by atoms with van der Waals surface area (Å²) in [5.74, 6) is 0. The summed E-state index contributed by atoms with van der Waals surface area (Å²) in [6.07, 6.45) is 6.69. The molecule has 0 saturated heterocycles. The molecule has 0 atom stereocenters. The minimum absolute atomic E-state index is 0.204. The van der Waals surface area contributed by atoms with Gasteiger partial charge in [0.1, 0.15) is 0 Å². The molecule has 1 aliphatic carbocycles. The second kappa shape index (κ2) is 7.42. The zero-order valence-electron chi connectivity index (χ0n) is 14.3. The fourth-order valence-corrected chi connectivity index (χ4v) is 3.27. The summed E-state index contributed by atoms with van der Waals surface area (Å²) in [7, 11) is 2.29. The lowest BCUT2D eigenvalue weighted by Crippen LogP contribution is -2.37. The van der Waals surface area contributed by atoms with Crippen molar-refractivity contribution in [2.45, 2.75) is 71.0 Å². The first-order valence-corrected chi connectivity index (χ1v) is 8.48. The summed E-state index contributed by atoms with van der Waals surface area (Å²) >= 11 is 0. The molecule has 118 valence electrons. The Balaban J connectivity index is 1.92. The highest BCUT2D eigenvalue weighted by Crippen LogP contribution is 2.24. The van der Waals surface area contributed by atoms with Crippen LogP contribution >= 0.6 is 0 Å². The van der Waals surface area contributed by atoms with Crippen molar-refractivity contribution in [3.8, 4) is 0 Å². The molecule has 1 saturated carbocycles. The fourth-order valence-electron chi connectivity index (χ4n) is 3.27. The Hall–Kier alpha value is -0.860. The topological polar surface area (TPSA) is 15.3 Å². The van der Waals surface area contributed by atoms with Crippen molar-refractivity contribution in [2.75, 3.05) is 13.6 Å². The SMILES string of the molecule is CN(Cc1ccccc1CCNC(C)(C)C)C1CCCC1. The van der Waals surface area contributed by atoms with E-state index in [4.69, 9.17) is 0 Å². The molecule has 0 aliphatic heterocycles. The lowest BCUT2D eigenvalue weighted by atomic mass is 10.0. The maximum absolute atomic E-state index is 3.59. The van der Waals surface area contributed by atoms with Crippen molar-refractivity contribution in [1.29, 1.82) is 0 Å². The molecular weight excluding hydrogens is 256 g/mol. The summed E-state index contributed by atoms with van der Waals surface area (Å²) < 4.78 is 0. The molecule has 0 aromatic heterocycles. The third kappa shape index (κ3) is 5.44. The fraction of sp³-hybridized carbons (Fsp3) is 0.684. The molecule has 0 unspecified atom stereocenters. The van der Waals surface area contributed by atoms with Gasteiger partial charge in [-0.3, -0.25) is 4.90 Å². The first-order chi connectivity index (χ1) is 9.96. The molecule has 2 heteroatoms. The molecule has 0 bridgehead atoms. The zero-order valence-corrected chi connectivity index (χ0v) is 14.3. The standard InChI is InChI=1S/C19H32N2/c1-19(2,3)20-14-13-16-9-5-6-10-17(16)15-21(4)18-11-7-8-12-18/h5-6,9-10,18,20H,7-8,11-15H2,1-4H3. The van der Waals surface area contributed by atoms with Crippen LogP contribution in [0.3, 0.4) is 0 Å². The molecule has 1 N–H and O–H groups in total. The number of nitrogens with one attached hydrogen (secondary N) is 1. The first kappa shape index (κ1) is 16.5. The third-order valence-corrected chi connectivity index (χ3v) is 4.54. The number of hydrogen-bond donors (Lipinski definition) is 1. The molecule has 2 nitrogen and oxygen atoms in total. The van der Waals surface area contributed by atoms with E-state index in [2.05, 4.69) is 62.3 Å². The quantitative estimate of drug-likeness (QED) is 0.851. The Kier molecular flexibility index (Phi) is 5.83. The molecule has 0 spiro atoms. The molecule has 0 amide bonds. The van der Waals surface area contributed by atoms with Crippen LogP contribution in [0.1, 0.15) is 57.6 Å². The number of nitrogens with zero attached hydrogens (tertiary/aromatic N) is 1. The van der Waals surface area contributed by atoms with Crippen LogP contribution in [0.4, 0.5) is 0 Å². The maximum Gasteiger partial charge on any atom is 0.0236 e. The Bertz CT molecular complexity index is 427. The van der Waals surface area contributed by atoms with E-state index < -0.39 is 0 Å². The molecule has 2 rings (SSSR count). The van der Waals surface area contributed by atoms with E-state index >= 15 is 0 Å². The van der Waals surface area contributed by atoms with Crippen molar-refractivity contribution in [3.05, 3.63) is 35.4 Å². The van der Waals surface area contributed by atoms with E-state index in [1.165, 1.54) is 36.8 Å². The summed E-state index contributed by atoms with van der Waals surface area (Å²) in [5.41, 5.74) is 3.21. The molecular formula is C19H32N2. The van der Waals surface area contributed by atoms with Gasteiger partial charge in [-0.1, -0.05) is 37.1 Å². The van der Waals surface area contributed by atoms with Crippen LogP contribution in [0.5, 0.6) is 0 Å². The van der Waals surface area contributed by atoms with Crippen molar-refractivity contribution >= 4 is 0 Å². The molecule has 0 radical (unpaired) electrons. The summed E-state index contributed by atoms with van der Waals surface area (Å²) in [5, 5.41) is 3.59. The van der Waals surface area contributed by atoms with Gasteiger partial charge in [0, 0.05) is 18.1 Å². The minimum atomic E-state index is 0.204. The van der Waals surface area contributed by atoms with Gasteiger partial charge in [-0.2, -0.15) is 0 Å². The van der Waals surface area contributed by atoms with Gasteiger partial charge in [-0.05, 0) is 64.8 Å². The van der Waals surface area contributed by atoms with E-state index in [0.717, 1.165) is 25.6 Å². The highest BCUT2D eigenvalue weighted by atomic mass is 15.1. The van der Waals surface area contributed by atoms with Gasteiger partial charge in [0.2, 0.25) is 0 Å². The number of benzene rings is 1.